The minimum Gasteiger partial charge on any atom is -0.496 e. The highest BCUT2D eigenvalue weighted by Gasteiger charge is 2.49. The van der Waals surface area contributed by atoms with Crippen LogP contribution in [0.5, 0.6) is 5.75 Å². The molecule has 0 bridgehead atoms. The number of para-hydroxylation sites is 1. The van der Waals surface area contributed by atoms with Crippen LogP contribution in [0, 0.1) is 5.41 Å². The van der Waals surface area contributed by atoms with Gasteiger partial charge in [0.1, 0.15) is 5.75 Å². The van der Waals surface area contributed by atoms with Crippen molar-refractivity contribution in [2.24, 2.45) is 5.41 Å². The van der Waals surface area contributed by atoms with Crippen LogP contribution < -0.4 is 10.1 Å². The third-order valence-electron chi connectivity index (χ3n) is 3.53. The van der Waals surface area contributed by atoms with Crippen molar-refractivity contribution in [1.82, 2.24) is 5.32 Å². The van der Waals surface area contributed by atoms with Gasteiger partial charge in [0.15, 0.2) is 0 Å². The van der Waals surface area contributed by atoms with Gasteiger partial charge in [0.2, 0.25) is 0 Å². The predicted molar refractivity (Wildman–Crippen MR) is 68.9 cm³/mol. The van der Waals surface area contributed by atoms with E-state index in [4.69, 9.17) is 9.84 Å². The standard InChI is InChI=1S/C14H19NO3/c1-18-12-5-3-2-4-11(12)6-9-15-10-14(7-8-14)13(16)17/h2-5,15H,6-10H2,1H3,(H,16,17). The first kappa shape index (κ1) is 12.9. The molecule has 4 nitrogen and oxygen atoms in total. The van der Waals surface area contributed by atoms with E-state index in [-0.39, 0.29) is 0 Å². The van der Waals surface area contributed by atoms with Crippen molar-refractivity contribution in [1.29, 1.82) is 0 Å². The quantitative estimate of drug-likeness (QED) is 0.722. The largest absolute Gasteiger partial charge is 0.496 e. The molecular formula is C14H19NO3. The van der Waals surface area contributed by atoms with Crippen LogP contribution in [-0.4, -0.2) is 31.3 Å². The van der Waals surface area contributed by atoms with Gasteiger partial charge in [-0.1, -0.05) is 18.2 Å². The number of carbonyl (C=O) groups is 1. The van der Waals surface area contributed by atoms with E-state index in [1.165, 1.54) is 0 Å². The smallest absolute Gasteiger partial charge is 0.310 e. The molecule has 1 aromatic carbocycles. The van der Waals surface area contributed by atoms with E-state index in [1.54, 1.807) is 7.11 Å². The first-order valence-corrected chi connectivity index (χ1v) is 6.24. The van der Waals surface area contributed by atoms with Crippen LogP contribution in [0.2, 0.25) is 0 Å². The topological polar surface area (TPSA) is 58.6 Å². The summed E-state index contributed by atoms with van der Waals surface area (Å²) in [6.45, 7) is 1.34. The van der Waals surface area contributed by atoms with E-state index >= 15 is 0 Å². The van der Waals surface area contributed by atoms with E-state index in [0.717, 1.165) is 37.1 Å². The van der Waals surface area contributed by atoms with Gasteiger partial charge in [-0.05, 0) is 37.4 Å². The van der Waals surface area contributed by atoms with Crippen molar-refractivity contribution in [3.8, 4) is 5.75 Å². The second-order valence-corrected chi connectivity index (χ2v) is 4.82. The van der Waals surface area contributed by atoms with Crippen LogP contribution in [0.4, 0.5) is 0 Å². The van der Waals surface area contributed by atoms with Crippen LogP contribution in [0.15, 0.2) is 24.3 Å². The highest BCUT2D eigenvalue weighted by molar-refractivity contribution is 5.78. The average molecular weight is 249 g/mol. The van der Waals surface area contributed by atoms with Crippen LogP contribution in [0.3, 0.4) is 0 Å². The zero-order valence-corrected chi connectivity index (χ0v) is 10.6. The van der Waals surface area contributed by atoms with Crippen molar-refractivity contribution in [3.05, 3.63) is 29.8 Å². The van der Waals surface area contributed by atoms with E-state index in [1.807, 2.05) is 24.3 Å². The van der Waals surface area contributed by atoms with Crippen molar-refractivity contribution < 1.29 is 14.6 Å². The Kier molecular flexibility index (Phi) is 3.87. The number of nitrogens with one attached hydrogen (secondary N) is 1. The number of hydrogen-bond donors (Lipinski definition) is 2. The number of hydrogen-bond acceptors (Lipinski definition) is 3. The highest BCUT2D eigenvalue weighted by atomic mass is 16.5. The summed E-state index contributed by atoms with van der Waals surface area (Å²) < 4.78 is 5.27. The van der Waals surface area contributed by atoms with E-state index in [9.17, 15) is 4.79 Å². The third-order valence-corrected chi connectivity index (χ3v) is 3.53. The molecule has 0 aromatic heterocycles. The Balaban J connectivity index is 1.77. The van der Waals surface area contributed by atoms with Crippen LogP contribution >= 0.6 is 0 Å². The van der Waals surface area contributed by atoms with Gasteiger partial charge in [-0.3, -0.25) is 4.79 Å². The van der Waals surface area contributed by atoms with Gasteiger partial charge in [0, 0.05) is 6.54 Å². The zero-order chi connectivity index (χ0) is 13.0. The number of benzene rings is 1. The Morgan fingerprint density at radius 3 is 2.78 bits per heavy atom. The van der Waals surface area contributed by atoms with Gasteiger partial charge >= 0.3 is 5.97 Å². The normalized spacial score (nSPS) is 16.3. The molecule has 0 spiro atoms. The maximum Gasteiger partial charge on any atom is 0.310 e. The van der Waals surface area contributed by atoms with Crippen molar-refractivity contribution in [2.75, 3.05) is 20.2 Å². The molecule has 2 N–H and O–H groups in total. The fourth-order valence-electron chi connectivity index (χ4n) is 2.08. The van der Waals surface area contributed by atoms with Gasteiger partial charge in [-0.25, -0.2) is 0 Å². The molecule has 1 aliphatic rings. The second kappa shape index (κ2) is 5.40. The average Bonchev–Trinajstić information content (AvgIpc) is 3.16. The molecule has 1 aliphatic carbocycles. The number of carboxylic acids is 1. The van der Waals surface area contributed by atoms with Crippen LogP contribution in [-0.2, 0) is 11.2 Å². The summed E-state index contributed by atoms with van der Waals surface area (Å²) in [7, 11) is 1.66. The fraction of sp³-hybridized carbons (Fsp3) is 0.500. The van der Waals surface area contributed by atoms with Gasteiger partial charge in [0.25, 0.3) is 0 Å². The summed E-state index contributed by atoms with van der Waals surface area (Å²) in [6.07, 6.45) is 2.44. The summed E-state index contributed by atoms with van der Waals surface area (Å²) in [5.74, 6) is 0.214. The molecule has 0 aliphatic heterocycles. The van der Waals surface area contributed by atoms with Crippen molar-refractivity contribution in [3.63, 3.8) is 0 Å². The van der Waals surface area contributed by atoms with E-state index in [2.05, 4.69) is 5.32 Å². The maximum absolute atomic E-state index is 11.0. The molecule has 1 aromatic rings. The molecule has 98 valence electrons. The minimum atomic E-state index is -0.674. The lowest BCUT2D eigenvalue weighted by Gasteiger charge is -2.12. The number of methoxy groups -OCH3 is 1. The van der Waals surface area contributed by atoms with Crippen LogP contribution in [0.1, 0.15) is 18.4 Å². The Hall–Kier alpha value is -1.55. The summed E-state index contributed by atoms with van der Waals surface area (Å²) in [6, 6.07) is 7.90. The summed E-state index contributed by atoms with van der Waals surface area (Å²) in [5.41, 5.74) is 0.661. The number of carboxylic acid groups (broad SMARTS) is 1. The number of rotatable bonds is 7. The summed E-state index contributed by atoms with van der Waals surface area (Å²) in [5, 5.41) is 12.3. The Morgan fingerprint density at radius 1 is 1.44 bits per heavy atom. The molecule has 4 heteroatoms. The fourth-order valence-corrected chi connectivity index (χ4v) is 2.08. The Morgan fingerprint density at radius 2 is 2.17 bits per heavy atom. The molecule has 18 heavy (non-hydrogen) atoms. The molecule has 0 radical (unpaired) electrons. The zero-order valence-electron chi connectivity index (χ0n) is 10.6. The highest BCUT2D eigenvalue weighted by Crippen LogP contribution is 2.45. The molecule has 1 fully saturated rings. The molecule has 0 unspecified atom stereocenters. The monoisotopic (exact) mass is 249 g/mol. The lowest BCUT2D eigenvalue weighted by atomic mass is 10.1. The lowest BCUT2D eigenvalue weighted by Crippen LogP contribution is -2.31. The molecule has 0 heterocycles. The van der Waals surface area contributed by atoms with E-state index in [0.29, 0.717) is 6.54 Å². The van der Waals surface area contributed by atoms with Gasteiger partial charge < -0.3 is 15.2 Å². The summed E-state index contributed by atoms with van der Waals surface area (Å²) in [4.78, 5) is 11.0. The predicted octanol–water partition coefficient (Wildman–Crippen LogP) is 1.69. The molecular weight excluding hydrogens is 230 g/mol. The third kappa shape index (κ3) is 2.82. The lowest BCUT2D eigenvalue weighted by molar-refractivity contribution is -0.143. The summed E-state index contributed by atoms with van der Waals surface area (Å²) >= 11 is 0. The SMILES string of the molecule is COc1ccccc1CCNCC1(C(=O)O)CC1. The molecule has 1 saturated carbocycles. The van der Waals surface area contributed by atoms with Gasteiger partial charge in [-0.2, -0.15) is 0 Å². The second-order valence-electron chi connectivity index (χ2n) is 4.82. The van der Waals surface area contributed by atoms with Crippen molar-refractivity contribution >= 4 is 5.97 Å². The van der Waals surface area contributed by atoms with Gasteiger partial charge in [0.05, 0.1) is 12.5 Å². The molecule has 0 atom stereocenters. The van der Waals surface area contributed by atoms with Gasteiger partial charge in [-0.15, -0.1) is 0 Å². The van der Waals surface area contributed by atoms with E-state index < -0.39 is 11.4 Å². The Bertz CT molecular complexity index is 427. The number of ether oxygens (including phenoxy) is 1. The minimum absolute atomic E-state index is 0.485. The first-order chi connectivity index (χ1) is 8.68. The maximum atomic E-state index is 11.0. The number of aliphatic carboxylic acids is 1. The molecule has 0 amide bonds. The first-order valence-electron chi connectivity index (χ1n) is 6.24. The van der Waals surface area contributed by atoms with Crippen molar-refractivity contribution in [2.45, 2.75) is 19.3 Å². The van der Waals surface area contributed by atoms with Crippen LogP contribution in [0.25, 0.3) is 0 Å². The molecule has 2 rings (SSSR count). The Labute approximate surface area is 107 Å². The molecule has 0 saturated heterocycles.